The molecule has 0 fully saturated rings. The van der Waals surface area contributed by atoms with E-state index in [0.29, 0.717) is 33.6 Å². The van der Waals surface area contributed by atoms with Crippen LogP contribution in [0.3, 0.4) is 0 Å². The van der Waals surface area contributed by atoms with Gasteiger partial charge >= 0.3 is 0 Å². The molecule has 0 aliphatic rings. The van der Waals surface area contributed by atoms with Crippen LogP contribution in [0.5, 0.6) is 11.5 Å². The number of ether oxygens (including phenoxy) is 2. The molecular formula is C15H16ClN3O3. The molecule has 0 saturated carbocycles. The summed E-state index contributed by atoms with van der Waals surface area (Å²) in [4.78, 5) is 12.4. The molecule has 2 aromatic carbocycles. The van der Waals surface area contributed by atoms with Gasteiger partial charge in [0.05, 0.1) is 36.2 Å². The van der Waals surface area contributed by atoms with E-state index in [-0.39, 0.29) is 5.56 Å². The molecular weight excluding hydrogens is 306 g/mol. The summed E-state index contributed by atoms with van der Waals surface area (Å²) in [6, 6.07) is 7.82. The Bertz CT molecular complexity index is 719. The number of halogens is 1. The van der Waals surface area contributed by atoms with Crippen molar-refractivity contribution in [3.63, 3.8) is 0 Å². The van der Waals surface area contributed by atoms with Crippen molar-refractivity contribution in [2.75, 3.05) is 31.0 Å². The van der Waals surface area contributed by atoms with Crippen molar-refractivity contribution in [1.82, 2.24) is 0 Å². The number of hydrogen-bond donors (Lipinski definition) is 3. The minimum absolute atomic E-state index is 0.263. The number of benzene rings is 2. The normalized spacial score (nSPS) is 10.1. The molecule has 0 spiro atoms. The maximum absolute atomic E-state index is 12.4. The van der Waals surface area contributed by atoms with E-state index in [1.54, 1.807) is 24.3 Å². The summed E-state index contributed by atoms with van der Waals surface area (Å²) >= 11 is 6.02. The van der Waals surface area contributed by atoms with Crippen molar-refractivity contribution in [2.24, 2.45) is 0 Å². The Morgan fingerprint density at radius 3 is 2.41 bits per heavy atom. The van der Waals surface area contributed by atoms with Crippen LogP contribution in [0, 0.1) is 0 Å². The van der Waals surface area contributed by atoms with Crippen molar-refractivity contribution in [2.45, 2.75) is 0 Å². The topological polar surface area (TPSA) is 99.6 Å². The van der Waals surface area contributed by atoms with Gasteiger partial charge in [0.15, 0.2) is 0 Å². The lowest BCUT2D eigenvalue weighted by Crippen LogP contribution is -2.14. The second-order valence-corrected chi connectivity index (χ2v) is 4.90. The zero-order valence-corrected chi connectivity index (χ0v) is 12.9. The molecule has 0 aliphatic carbocycles. The van der Waals surface area contributed by atoms with Crippen LogP contribution >= 0.6 is 11.6 Å². The summed E-state index contributed by atoms with van der Waals surface area (Å²) in [5.74, 6) is 0.420. The summed E-state index contributed by atoms with van der Waals surface area (Å²) in [6.07, 6.45) is 0. The maximum atomic E-state index is 12.4. The zero-order chi connectivity index (χ0) is 16.3. The quantitative estimate of drug-likeness (QED) is 0.752. The Hall–Kier alpha value is -2.60. The van der Waals surface area contributed by atoms with E-state index in [1.165, 1.54) is 20.3 Å². The van der Waals surface area contributed by atoms with E-state index in [9.17, 15) is 4.79 Å². The summed E-state index contributed by atoms with van der Waals surface area (Å²) < 4.78 is 10.3. The predicted molar refractivity (Wildman–Crippen MR) is 87.8 cm³/mol. The van der Waals surface area contributed by atoms with Crippen LogP contribution in [-0.4, -0.2) is 20.1 Å². The highest BCUT2D eigenvalue weighted by molar-refractivity contribution is 6.34. The predicted octanol–water partition coefficient (Wildman–Crippen LogP) is 2.77. The van der Waals surface area contributed by atoms with Gasteiger partial charge in [-0.25, -0.2) is 0 Å². The van der Waals surface area contributed by atoms with Crippen molar-refractivity contribution >= 4 is 34.6 Å². The molecule has 0 aromatic heterocycles. The molecule has 0 aliphatic heterocycles. The monoisotopic (exact) mass is 321 g/mol. The zero-order valence-electron chi connectivity index (χ0n) is 12.1. The van der Waals surface area contributed by atoms with E-state index in [4.69, 9.17) is 32.5 Å². The first-order chi connectivity index (χ1) is 10.5. The number of carbonyl (C=O) groups is 1. The smallest absolute Gasteiger partial charge is 0.257 e. The molecule has 0 saturated heterocycles. The molecule has 0 bridgehead atoms. The molecule has 5 N–H and O–H groups in total. The van der Waals surface area contributed by atoms with E-state index in [1.807, 2.05) is 0 Å². The van der Waals surface area contributed by atoms with Crippen molar-refractivity contribution < 1.29 is 14.3 Å². The number of amides is 1. The van der Waals surface area contributed by atoms with Gasteiger partial charge in [-0.05, 0) is 18.2 Å². The summed E-state index contributed by atoms with van der Waals surface area (Å²) in [6.45, 7) is 0. The standard InChI is InChI=1S/C15H16ClN3O3/c1-21-13-7-12(14(22-2)6-11(13)18)19-15(20)9-5-8(17)3-4-10(9)16/h3-7H,17-18H2,1-2H3,(H,19,20). The van der Waals surface area contributed by atoms with E-state index in [2.05, 4.69) is 5.32 Å². The molecule has 2 rings (SSSR count). The number of nitrogens with one attached hydrogen (secondary N) is 1. The van der Waals surface area contributed by atoms with Crippen LogP contribution in [0.25, 0.3) is 0 Å². The van der Waals surface area contributed by atoms with Gasteiger partial charge in [0, 0.05) is 17.8 Å². The number of nitrogen functional groups attached to an aromatic ring is 2. The lowest BCUT2D eigenvalue weighted by Gasteiger charge is -2.14. The fourth-order valence-electron chi connectivity index (χ4n) is 1.93. The lowest BCUT2D eigenvalue weighted by molar-refractivity contribution is 0.102. The van der Waals surface area contributed by atoms with Gasteiger partial charge in [-0.1, -0.05) is 11.6 Å². The van der Waals surface area contributed by atoms with E-state index in [0.717, 1.165) is 0 Å². The molecule has 0 unspecified atom stereocenters. The molecule has 6 nitrogen and oxygen atoms in total. The van der Waals surface area contributed by atoms with Crippen LogP contribution in [0.15, 0.2) is 30.3 Å². The molecule has 0 atom stereocenters. The third-order valence-corrected chi connectivity index (χ3v) is 3.36. The van der Waals surface area contributed by atoms with Gasteiger partial charge in [0.2, 0.25) is 0 Å². The van der Waals surface area contributed by atoms with Gasteiger partial charge in [0.25, 0.3) is 5.91 Å². The highest BCUT2D eigenvalue weighted by Crippen LogP contribution is 2.35. The lowest BCUT2D eigenvalue weighted by atomic mass is 10.1. The average Bonchev–Trinajstić information content (AvgIpc) is 2.50. The minimum atomic E-state index is -0.414. The first kappa shape index (κ1) is 15.8. The Kier molecular flexibility index (Phi) is 4.62. The molecule has 0 radical (unpaired) electrons. The highest BCUT2D eigenvalue weighted by Gasteiger charge is 2.15. The van der Waals surface area contributed by atoms with Gasteiger partial charge < -0.3 is 26.3 Å². The Morgan fingerprint density at radius 1 is 1.09 bits per heavy atom. The number of methoxy groups -OCH3 is 2. The summed E-state index contributed by atoms with van der Waals surface area (Å²) in [7, 11) is 2.96. The van der Waals surface area contributed by atoms with Crippen molar-refractivity contribution in [3.8, 4) is 11.5 Å². The highest BCUT2D eigenvalue weighted by atomic mass is 35.5. The van der Waals surface area contributed by atoms with Crippen molar-refractivity contribution in [1.29, 1.82) is 0 Å². The first-order valence-electron chi connectivity index (χ1n) is 6.34. The van der Waals surface area contributed by atoms with Crippen LogP contribution in [-0.2, 0) is 0 Å². The molecule has 1 amide bonds. The fourth-order valence-corrected chi connectivity index (χ4v) is 2.13. The molecule has 116 valence electrons. The van der Waals surface area contributed by atoms with Gasteiger partial charge in [0.1, 0.15) is 11.5 Å². The number of carbonyl (C=O) groups excluding carboxylic acids is 1. The first-order valence-corrected chi connectivity index (χ1v) is 6.72. The summed E-state index contributed by atoms with van der Waals surface area (Å²) in [5, 5.41) is 3.01. The molecule has 2 aromatic rings. The Labute approximate surface area is 133 Å². The maximum Gasteiger partial charge on any atom is 0.257 e. The third kappa shape index (κ3) is 3.17. The molecule has 7 heteroatoms. The number of anilines is 3. The number of hydrogen-bond acceptors (Lipinski definition) is 5. The second-order valence-electron chi connectivity index (χ2n) is 4.49. The van der Waals surface area contributed by atoms with Crippen LogP contribution < -0.4 is 26.3 Å². The fraction of sp³-hybridized carbons (Fsp3) is 0.133. The van der Waals surface area contributed by atoms with Crippen molar-refractivity contribution in [3.05, 3.63) is 40.9 Å². The Balaban J connectivity index is 2.37. The minimum Gasteiger partial charge on any atom is -0.495 e. The van der Waals surface area contributed by atoms with Crippen LogP contribution in [0.4, 0.5) is 17.1 Å². The largest absolute Gasteiger partial charge is 0.495 e. The van der Waals surface area contributed by atoms with Crippen LogP contribution in [0.1, 0.15) is 10.4 Å². The SMILES string of the molecule is COc1cc(NC(=O)c2cc(N)ccc2Cl)c(OC)cc1N. The molecule has 22 heavy (non-hydrogen) atoms. The second kappa shape index (κ2) is 6.44. The number of nitrogens with two attached hydrogens (primary N) is 2. The van der Waals surface area contributed by atoms with Gasteiger partial charge in [-0.15, -0.1) is 0 Å². The Morgan fingerprint density at radius 2 is 1.77 bits per heavy atom. The van der Waals surface area contributed by atoms with Crippen LogP contribution in [0.2, 0.25) is 5.02 Å². The average molecular weight is 322 g/mol. The number of rotatable bonds is 4. The molecule has 0 heterocycles. The van der Waals surface area contributed by atoms with Gasteiger partial charge in [-0.3, -0.25) is 4.79 Å². The summed E-state index contributed by atoms with van der Waals surface area (Å²) in [5.41, 5.74) is 13.0. The van der Waals surface area contributed by atoms with Gasteiger partial charge in [-0.2, -0.15) is 0 Å². The van der Waals surface area contributed by atoms with E-state index < -0.39 is 5.91 Å². The third-order valence-electron chi connectivity index (χ3n) is 3.04. The van der Waals surface area contributed by atoms with E-state index >= 15 is 0 Å².